The van der Waals surface area contributed by atoms with Crippen molar-refractivity contribution in [1.82, 2.24) is 10.6 Å². The number of benzene rings is 2. The molecule has 2 N–H and O–H groups in total. The maximum absolute atomic E-state index is 12.8. The van der Waals surface area contributed by atoms with Gasteiger partial charge < -0.3 is 5.32 Å². The van der Waals surface area contributed by atoms with Crippen LogP contribution in [0.15, 0.2) is 60.7 Å². The summed E-state index contributed by atoms with van der Waals surface area (Å²) in [5, 5.41) is 5.46. The van der Waals surface area contributed by atoms with Crippen molar-refractivity contribution in [2.45, 2.75) is 19.4 Å². The summed E-state index contributed by atoms with van der Waals surface area (Å²) < 4.78 is 0. The lowest BCUT2D eigenvalue weighted by Gasteiger charge is -2.24. The molecule has 27 heavy (non-hydrogen) atoms. The van der Waals surface area contributed by atoms with Crippen LogP contribution in [0.3, 0.4) is 0 Å². The molecule has 1 aliphatic heterocycles. The van der Waals surface area contributed by atoms with Crippen LogP contribution >= 0.6 is 0 Å². The summed E-state index contributed by atoms with van der Waals surface area (Å²) in [4.78, 5) is 39.0. The molecule has 0 saturated carbocycles. The van der Waals surface area contributed by atoms with Crippen LogP contribution in [0.1, 0.15) is 18.4 Å². The highest BCUT2D eigenvalue weighted by atomic mass is 16.2. The zero-order valence-electron chi connectivity index (χ0n) is 15.1. The van der Waals surface area contributed by atoms with E-state index in [9.17, 15) is 14.4 Å². The number of hydrogen-bond donors (Lipinski definition) is 2. The molecule has 2 aromatic rings. The van der Waals surface area contributed by atoms with Gasteiger partial charge in [0, 0.05) is 11.6 Å². The normalized spacial score (nSPS) is 14.4. The molecule has 6 nitrogen and oxygen atoms in total. The van der Waals surface area contributed by atoms with E-state index in [4.69, 9.17) is 0 Å². The summed E-state index contributed by atoms with van der Waals surface area (Å²) in [7, 11) is 0. The maximum Gasteiger partial charge on any atom is 0.317 e. The van der Waals surface area contributed by atoms with Gasteiger partial charge in [0.1, 0.15) is 0 Å². The number of carbonyl (C=O) groups excluding carboxylic acids is 3. The zero-order chi connectivity index (χ0) is 19.1. The Hall–Kier alpha value is -2.99. The van der Waals surface area contributed by atoms with Gasteiger partial charge in [-0.3, -0.25) is 24.6 Å². The van der Waals surface area contributed by atoms with Gasteiger partial charge in [0.05, 0.1) is 6.54 Å². The summed E-state index contributed by atoms with van der Waals surface area (Å²) >= 11 is 0. The minimum atomic E-state index is -0.890. The third-order valence-corrected chi connectivity index (χ3v) is 4.64. The first kappa shape index (κ1) is 18.8. The van der Waals surface area contributed by atoms with Gasteiger partial charge in [-0.15, -0.1) is 0 Å². The lowest BCUT2D eigenvalue weighted by atomic mass is 9.97. The standard InChI is InChI=1S/C21H23N3O3/c25-19(17-11-13-22-14-12-17)23-20(26)21(27)24(18-9-5-2-6-10-18)15-16-7-3-1-4-8-16/h1-10,17,22H,11-15H2,(H,23,25,26). The molecule has 0 unspecified atom stereocenters. The van der Waals surface area contributed by atoms with Crippen LogP contribution in [0.2, 0.25) is 0 Å². The number of nitrogens with zero attached hydrogens (tertiary/aromatic N) is 1. The van der Waals surface area contributed by atoms with E-state index < -0.39 is 11.8 Å². The van der Waals surface area contributed by atoms with Gasteiger partial charge in [-0.25, -0.2) is 0 Å². The predicted molar refractivity (Wildman–Crippen MR) is 103 cm³/mol. The lowest BCUT2D eigenvalue weighted by molar-refractivity contribution is -0.142. The van der Waals surface area contributed by atoms with Crippen LogP contribution in [0.25, 0.3) is 0 Å². The van der Waals surface area contributed by atoms with E-state index in [-0.39, 0.29) is 18.4 Å². The number of carbonyl (C=O) groups is 3. The Kier molecular flexibility index (Phi) is 6.33. The van der Waals surface area contributed by atoms with Crippen LogP contribution in [-0.4, -0.2) is 30.8 Å². The third-order valence-electron chi connectivity index (χ3n) is 4.64. The molecular weight excluding hydrogens is 342 g/mol. The zero-order valence-corrected chi connectivity index (χ0v) is 15.1. The molecule has 1 aliphatic rings. The Morgan fingerprint density at radius 1 is 0.926 bits per heavy atom. The summed E-state index contributed by atoms with van der Waals surface area (Å²) in [6, 6.07) is 18.4. The van der Waals surface area contributed by atoms with E-state index in [1.54, 1.807) is 24.3 Å². The van der Waals surface area contributed by atoms with Crippen molar-refractivity contribution < 1.29 is 14.4 Å². The highest BCUT2D eigenvalue weighted by Gasteiger charge is 2.28. The Morgan fingerprint density at radius 2 is 1.52 bits per heavy atom. The molecule has 0 aliphatic carbocycles. The molecular formula is C21H23N3O3. The monoisotopic (exact) mass is 365 g/mol. The molecule has 0 bridgehead atoms. The van der Waals surface area contributed by atoms with Gasteiger partial charge in [0.15, 0.2) is 0 Å². The minimum Gasteiger partial charge on any atom is -0.317 e. The fourth-order valence-electron chi connectivity index (χ4n) is 3.13. The fourth-order valence-corrected chi connectivity index (χ4v) is 3.13. The summed E-state index contributed by atoms with van der Waals surface area (Å²) in [5.74, 6) is -2.24. The van der Waals surface area contributed by atoms with E-state index in [1.807, 2.05) is 36.4 Å². The summed E-state index contributed by atoms with van der Waals surface area (Å²) in [5.41, 5.74) is 1.50. The smallest absolute Gasteiger partial charge is 0.317 e. The molecule has 1 heterocycles. The highest BCUT2D eigenvalue weighted by molar-refractivity contribution is 6.42. The van der Waals surface area contributed by atoms with Crippen molar-refractivity contribution >= 4 is 23.4 Å². The fraction of sp³-hybridized carbons (Fsp3) is 0.286. The lowest BCUT2D eigenvalue weighted by Crippen LogP contribution is -2.48. The number of piperidine rings is 1. The van der Waals surface area contributed by atoms with Crippen LogP contribution in [0.4, 0.5) is 5.69 Å². The predicted octanol–water partition coefficient (Wildman–Crippen LogP) is 1.86. The minimum absolute atomic E-state index is 0.234. The molecule has 0 atom stereocenters. The Balaban J connectivity index is 1.73. The number of para-hydroxylation sites is 1. The maximum atomic E-state index is 12.8. The van der Waals surface area contributed by atoms with E-state index in [2.05, 4.69) is 10.6 Å². The Labute approximate surface area is 158 Å². The molecule has 0 radical (unpaired) electrons. The van der Waals surface area contributed by atoms with E-state index in [1.165, 1.54) is 4.90 Å². The van der Waals surface area contributed by atoms with Crippen molar-refractivity contribution in [2.24, 2.45) is 5.92 Å². The van der Waals surface area contributed by atoms with Gasteiger partial charge in [0.25, 0.3) is 0 Å². The average molecular weight is 365 g/mol. The van der Waals surface area contributed by atoms with Crippen LogP contribution in [-0.2, 0) is 20.9 Å². The van der Waals surface area contributed by atoms with Crippen molar-refractivity contribution in [2.75, 3.05) is 18.0 Å². The first-order valence-corrected chi connectivity index (χ1v) is 9.11. The van der Waals surface area contributed by atoms with Gasteiger partial charge in [-0.2, -0.15) is 0 Å². The quantitative estimate of drug-likeness (QED) is 0.811. The van der Waals surface area contributed by atoms with Crippen LogP contribution in [0, 0.1) is 5.92 Å². The molecule has 3 amide bonds. The van der Waals surface area contributed by atoms with E-state index >= 15 is 0 Å². The largest absolute Gasteiger partial charge is 0.317 e. The molecule has 0 aromatic heterocycles. The first-order chi connectivity index (χ1) is 13.1. The van der Waals surface area contributed by atoms with Crippen LogP contribution in [0.5, 0.6) is 0 Å². The van der Waals surface area contributed by atoms with Crippen LogP contribution < -0.4 is 15.5 Å². The number of nitrogens with one attached hydrogen (secondary N) is 2. The molecule has 140 valence electrons. The van der Waals surface area contributed by atoms with Crippen molar-refractivity contribution in [3.8, 4) is 0 Å². The Morgan fingerprint density at radius 3 is 2.15 bits per heavy atom. The number of imide groups is 1. The molecule has 1 saturated heterocycles. The molecule has 2 aromatic carbocycles. The SMILES string of the molecule is O=C(NC(=O)C1CCNCC1)C(=O)N(Cc1ccccc1)c1ccccc1. The topological polar surface area (TPSA) is 78.5 Å². The Bertz CT molecular complexity index is 787. The highest BCUT2D eigenvalue weighted by Crippen LogP contribution is 2.17. The first-order valence-electron chi connectivity index (χ1n) is 9.11. The van der Waals surface area contributed by atoms with Gasteiger partial charge >= 0.3 is 11.8 Å². The summed E-state index contributed by atoms with van der Waals surface area (Å²) in [6.45, 7) is 1.73. The molecule has 3 rings (SSSR count). The second kappa shape index (κ2) is 9.09. The third kappa shape index (κ3) is 5.01. The van der Waals surface area contributed by atoms with Gasteiger partial charge in [0.2, 0.25) is 5.91 Å². The second-order valence-electron chi connectivity index (χ2n) is 6.56. The molecule has 1 fully saturated rings. The number of amides is 3. The van der Waals surface area contributed by atoms with Crippen molar-refractivity contribution in [3.05, 3.63) is 66.2 Å². The average Bonchev–Trinajstić information content (AvgIpc) is 2.73. The number of anilines is 1. The van der Waals surface area contributed by atoms with Crippen molar-refractivity contribution in [3.63, 3.8) is 0 Å². The summed E-state index contributed by atoms with van der Waals surface area (Å²) in [6.07, 6.45) is 1.33. The molecule has 0 spiro atoms. The number of rotatable bonds is 4. The van der Waals surface area contributed by atoms with Gasteiger partial charge in [-0.1, -0.05) is 48.5 Å². The molecule has 6 heteroatoms. The van der Waals surface area contributed by atoms with E-state index in [0.29, 0.717) is 18.5 Å². The second-order valence-corrected chi connectivity index (χ2v) is 6.56. The van der Waals surface area contributed by atoms with E-state index in [0.717, 1.165) is 18.7 Å². The van der Waals surface area contributed by atoms with Gasteiger partial charge in [-0.05, 0) is 43.6 Å². The van der Waals surface area contributed by atoms with Crippen molar-refractivity contribution in [1.29, 1.82) is 0 Å². The number of hydrogen-bond acceptors (Lipinski definition) is 4.